The van der Waals surface area contributed by atoms with Gasteiger partial charge in [0.15, 0.2) is 0 Å². The zero-order valence-corrected chi connectivity index (χ0v) is 73.5. The number of nitrogens with one attached hydrogen (secondary N) is 5. The van der Waals surface area contributed by atoms with Crippen LogP contribution >= 0.6 is 0 Å². The van der Waals surface area contributed by atoms with E-state index in [1.54, 1.807) is 106 Å². The number of nitrogens with two attached hydrogens (primary N) is 2. The number of benzene rings is 4. The maximum atomic E-state index is 11.7. The zero-order valence-electron chi connectivity index (χ0n) is 73.5. The molecule has 8 aromatic heterocycles. The lowest BCUT2D eigenvalue weighted by molar-refractivity contribution is 0.0695. The summed E-state index contributed by atoms with van der Waals surface area (Å²) >= 11 is 0. The molecule has 0 radical (unpaired) electrons. The minimum Gasteiger partial charge on any atom is -0.488 e. The summed E-state index contributed by atoms with van der Waals surface area (Å²) in [6.07, 6.45) is 37.2. The first-order valence-electron chi connectivity index (χ1n) is 45.5. The predicted octanol–water partition coefficient (Wildman–Crippen LogP) is 11.8. The summed E-state index contributed by atoms with van der Waals surface area (Å²) in [5.41, 5.74) is 23.7. The highest BCUT2D eigenvalue weighted by atomic mass is 16.5. The largest absolute Gasteiger partial charge is 0.488 e. The van der Waals surface area contributed by atoms with Crippen LogP contribution in [0.3, 0.4) is 0 Å². The number of pyridine rings is 3. The van der Waals surface area contributed by atoms with Gasteiger partial charge in [-0.2, -0.15) is 0 Å². The number of nitrogen functional groups attached to an aromatic ring is 1. The van der Waals surface area contributed by atoms with E-state index in [9.17, 15) is 14.4 Å². The van der Waals surface area contributed by atoms with Crippen LogP contribution in [0.2, 0.25) is 0 Å². The molecule has 12 heterocycles. The van der Waals surface area contributed by atoms with Crippen molar-refractivity contribution in [2.24, 2.45) is 5.73 Å². The van der Waals surface area contributed by atoms with E-state index in [2.05, 4.69) is 160 Å². The van der Waals surface area contributed by atoms with Crippen molar-refractivity contribution in [2.45, 2.75) is 151 Å². The molecule has 4 aliphatic heterocycles. The van der Waals surface area contributed by atoms with Gasteiger partial charge >= 0.3 is 5.97 Å². The number of primary amides is 1. The molecule has 0 spiro atoms. The molecule has 4 aliphatic carbocycles. The molecule has 684 valence electrons. The molecule has 36 heteroatoms. The number of anilines is 9. The lowest BCUT2D eigenvalue weighted by atomic mass is 9.93. The van der Waals surface area contributed by atoms with Gasteiger partial charge in [-0.05, 0) is 163 Å². The Bertz CT molecular complexity index is 5590. The highest BCUT2D eigenvalue weighted by molar-refractivity contribution is 5.94. The maximum Gasteiger partial charge on any atom is 0.337 e. The SMILES string of the molecule is CNC(=O)c1ccc(NC2CCC(Oc3cc(N4CCOCC4)cc4nccnc34)CC2)nc1.NC(=O)c1ccc(NC2CCC(Oc3cc(N4CCOCC4)cc4nccnc34)CC2)nc1.Nc1cnc(NC2CCC(Oc3cc(N4CCOCC4)cc4nccnc34)CC2)nc1.O=C(O)c1ccc(NC2CCC(Oc3cc(N4CCOCC4)cc4nccnc34)CC2)nc1. The third-order valence-corrected chi connectivity index (χ3v) is 24.8. The summed E-state index contributed by atoms with van der Waals surface area (Å²) in [5.74, 6) is 4.48. The van der Waals surface area contributed by atoms with Gasteiger partial charge in [0.1, 0.15) is 62.5 Å². The van der Waals surface area contributed by atoms with Gasteiger partial charge in [-0.25, -0.2) is 49.7 Å². The second-order valence-corrected chi connectivity index (χ2v) is 33.7. The number of ether oxygens (including phenoxy) is 8. The molecule has 12 aromatic rings. The van der Waals surface area contributed by atoms with Crippen molar-refractivity contribution in [1.29, 1.82) is 0 Å². The van der Waals surface area contributed by atoms with E-state index >= 15 is 0 Å². The fourth-order valence-electron chi connectivity index (χ4n) is 17.7. The number of rotatable bonds is 23. The van der Waals surface area contributed by atoms with Crippen LogP contribution in [0.4, 0.5) is 51.8 Å². The number of aromatic nitrogens is 13. The van der Waals surface area contributed by atoms with E-state index in [0.29, 0.717) is 46.7 Å². The molecule has 36 nitrogen and oxygen atoms in total. The summed E-state index contributed by atoms with van der Waals surface area (Å²) < 4.78 is 47.9. The van der Waals surface area contributed by atoms with Gasteiger partial charge in [-0.1, -0.05) is 0 Å². The molecule has 2 amide bonds. The second kappa shape index (κ2) is 43.7. The smallest absolute Gasteiger partial charge is 0.337 e. The first-order chi connectivity index (χ1) is 64.2. The van der Waals surface area contributed by atoms with Gasteiger partial charge in [0.05, 0.1) is 134 Å². The number of nitrogens with zero attached hydrogens (tertiary/aromatic N) is 17. The third kappa shape index (κ3) is 23.9. The van der Waals surface area contributed by atoms with Crippen molar-refractivity contribution in [3.8, 4) is 23.0 Å². The highest BCUT2D eigenvalue weighted by Gasteiger charge is 2.31. The number of amides is 2. The zero-order chi connectivity index (χ0) is 89.6. The molecule has 8 fully saturated rings. The molecule has 4 saturated heterocycles. The van der Waals surface area contributed by atoms with Crippen molar-refractivity contribution in [1.82, 2.24) is 70.1 Å². The van der Waals surface area contributed by atoms with Crippen molar-refractivity contribution in [2.75, 3.05) is 159 Å². The summed E-state index contributed by atoms with van der Waals surface area (Å²) in [4.78, 5) is 101. The topological polar surface area (TPSA) is 438 Å². The van der Waals surface area contributed by atoms with Gasteiger partial charge < -0.3 is 101 Å². The summed E-state index contributed by atoms with van der Waals surface area (Å²) in [6.45, 7) is 12.7. The van der Waals surface area contributed by atoms with E-state index < -0.39 is 11.9 Å². The number of aromatic carboxylic acids is 1. The Morgan fingerprint density at radius 1 is 0.344 bits per heavy atom. The van der Waals surface area contributed by atoms with Crippen LogP contribution in [-0.2, 0) is 18.9 Å². The van der Waals surface area contributed by atoms with Crippen molar-refractivity contribution < 1.29 is 57.4 Å². The van der Waals surface area contributed by atoms with E-state index in [0.717, 1.165) is 309 Å². The molecular weight excluding hydrogens is 1670 g/mol. The number of hydrogen-bond donors (Lipinski definition) is 8. The third-order valence-electron chi connectivity index (χ3n) is 24.8. The molecule has 8 aliphatic rings. The Hall–Kier alpha value is -13.6. The Morgan fingerprint density at radius 2 is 0.618 bits per heavy atom. The fraction of sp³-hybridized carbons (Fsp3) is 0.432. The second-order valence-electron chi connectivity index (χ2n) is 33.7. The molecule has 0 atom stereocenters. The summed E-state index contributed by atoms with van der Waals surface area (Å²) in [5, 5.41) is 25.4. The minimum atomic E-state index is -0.971. The van der Waals surface area contributed by atoms with Crippen molar-refractivity contribution in [3.05, 3.63) is 182 Å². The molecular formula is C95H112N24O12. The Kier molecular flexibility index (Phi) is 29.8. The Morgan fingerprint density at radius 3 is 0.885 bits per heavy atom. The predicted molar refractivity (Wildman–Crippen MR) is 499 cm³/mol. The Labute approximate surface area is 758 Å². The standard InChI is InChI=1S/C25H30N6O3.C24H28N6O3.C24H27N5O4.C22H27N7O2/c1-26-25(32)17-2-7-23(29-16-17)30-18-3-5-20(6-4-18)34-22-15-19(31-10-12-33-13-11-31)14-21-24(22)28-9-8-27-21;25-24(31)16-1-6-22(28-15-16)29-17-2-4-19(5-3-17)33-21-14-18(30-9-11-32-12-10-30)13-20-23(21)27-8-7-26-20;30-24(31)16-1-6-22(27-15-16)28-17-2-4-19(5-3-17)33-21-14-18(29-9-11-32-12-10-29)13-20-23(21)26-8-7-25-20;23-15-13-26-22(27-14-15)28-16-1-3-18(4-2-16)31-20-12-17(29-7-9-30-10-8-29)11-19-21(20)25-6-5-24-19/h2,7-9,14-16,18,20H,3-6,10-13H2,1H3,(H,26,32)(H,29,30);1,6-8,13-15,17,19H,2-5,9-12H2,(H2,25,31)(H,28,29);1,6-8,13-15,17,19H,2-5,9-12H2,(H,27,28)(H,30,31);5-6,11-14,16,18H,1-4,7-10,23H2,(H,26,27,28). The molecule has 0 unspecified atom stereocenters. The van der Waals surface area contributed by atoms with Crippen molar-refractivity contribution >= 4 is 114 Å². The fourth-order valence-corrected chi connectivity index (χ4v) is 17.7. The molecule has 4 saturated carbocycles. The van der Waals surface area contributed by atoms with Crippen LogP contribution in [-0.4, -0.2) is 249 Å². The average Bonchev–Trinajstić information content (AvgIpc) is 0.803. The van der Waals surface area contributed by atoms with Crippen molar-refractivity contribution in [3.63, 3.8) is 0 Å². The first kappa shape index (κ1) is 89.4. The summed E-state index contributed by atoms with van der Waals surface area (Å²) in [7, 11) is 1.61. The highest BCUT2D eigenvalue weighted by Crippen LogP contribution is 2.40. The van der Waals surface area contributed by atoms with Gasteiger partial charge in [0, 0.05) is 199 Å². The van der Waals surface area contributed by atoms with Crippen LogP contribution < -0.4 is 76.6 Å². The normalized spacial score (nSPS) is 21.1. The molecule has 20 rings (SSSR count). The maximum absolute atomic E-state index is 11.7. The number of carboxylic acid groups (broad SMARTS) is 1. The molecule has 10 N–H and O–H groups in total. The summed E-state index contributed by atoms with van der Waals surface area (Å²) in [6, 6.07) is 28.4. The lowest BCUT2D eigenvalue weighted by Gasteiger charge is -2.31. The number of carboxylic acids is 1. The average molecular weight is 1780 g/mol. The molecule has 4 aromatic carbocycles. The van der Waals surface area contributed by atoms with E-state index in [-0.39, 0.29) is 41.9 Å². The quantitative estimate of drug-likeness (QED) is 0.0295. The molecule has 131 heavy (non-hydrogen) atoms. The number of carbonyl (C=O) groups is 3. The van der Waals surface area contributed by atoms with Crippen LogP contribution in [0.5, 0.6) is 23.0 Å². The van der Waals surface area contributed by atoms with Crippen LogP contribution in [0, 0.1) is 0 Å². The van der Waals surface area contributed by atoms with Crippen LogP contribution in [0.25, 0.3) is 44.1 Å². The van der Waals surface area contributed by atoms with Crippen LogP contribution in [0.1, 0.15) is 134 Å². The lowest BCUT2D eigenvalue weighted by Crippen LogP contribution is -2.36. The minimum absolute atomic E-state index is 0.107. The number of hydrogen-bond acceptors (Lipinski definition) is 33. The van der Waals surface area contributed by atoms with Gasteiger partial charge in [-0.3, -0.25) is 29.5 Å². The van der Waals surface area contributed by atoms with E-state index in [4.69, 9.17) is 54.5 Å². The van der Waals surface area contributed by atoms with Gasteiger partial charge in [0.25, 0.3) is 5.91 Å². The number of carbonyl (C=O) groups excluding carboxylic acids is 2. The van der Waals surface area contributed by atoms with E-state index in [1.165, 1.54) is 12.4 Å². The monoisotopic (exact) mass is 1780 g/mol. The van der Waals surface area contributed by atoms with E-state index in [1.807, 2.05) is 6.07 Å². The van der Waals surface area contributed by atoms with Crippen LogP contribution in [0.15, 0.2) is 165 Å². The van der Waals surface area contributed by atoms with Gasteiger partial charge in [-0.15, -0.1) is 0 Å². The first-order valence-corrected chi connectivity index (χ1v) is 45.5. The number of morpholine rings is 4. The Balaban J connectivity index is 0.000000122. The molecule has 0 bridgehead atoms. The number of fused-ring (bicyclic) bond motifs is 4. The van der Waals surface area contributed by atoms with Gasteiger partial charge in [0.2, 0.25) is 11.9 Å².